The van der Waals surface area contributed by atoms with Crippen molar-refractivity contribution in [2.75, 3.05) is 18.0 Å². The zero-order chi connectivity index (χ0) is 16.4. The maximum Gasteiger partial charge on any atom is 0.162 e. The molecule has 0 radical (unpaired) electrons. The Morgan fingerprint density at radius 1 is 0.958 bits per heavy atom. The van der Waals surface area contributed by atoms with Gasteiger partial charge in [0.1, 0.15) is 5.82 Å². The highest BCUT2D eigenvalue weighted by Gasteiger charge is 2.22. The minimum Gasteiger partial charge on any atom is -0.355 e. The number of hydrogen-bond donors (Lipinski definition) is 1. The van der Waals surface area contributed by atoms with Crippen LogP contribution in [0.3, 0.4) is 0 Å². The molecular formula is C19H19N5. The fourth-order valence-corrected chi connectivity index (χ4v) is 2.98. The Balaban J connectivity index is 1.82. The van der Waals surface area contributed by atoms with Crippen LogP contribution in [0.5, 0.6) is 0 Å². The molecule has 1 unspecified atom stereocenters. The van der Waals surface area contributed by atoms with Gasteiger partial charge in [-0.05, 0) is 18.6 Å². The van der Waals surface area contributed by atoms with Crippen molar-refractivity contribution < 1.29 is 0 Å². The lowest BCUT2D eigenvalue weighted by Gasteiger charge is -2.18. The number of nitrogens with two attached hydrogens (primary N) is 1. The topological polar surface area (TPSA) is 67.9 Å². The van der Waals surface area contributed by atoms with E-state index in [1.165, 1.54) is 0 Å². The van der Waals surface area contributed by atoms with Gasteiger partial charge in [0, 0.05) is 48.7 Å². The molecule has 3 aromatic rings. The summed E-state index contributed by atoms with van der Waals surface area (Å²) in [5, 5.41) is 0. The average Bonchev–Trinajstić information content (AvgIpc) is 3.09. The first-order valence-corrected chi connectivity index (χ1v) is 8.15. The van der Waals surface area contributed by atoms with Gasteiger partial charge in [-0.25, -0.2) is 9.97 Å². The van der Waals surface area contributed by atoms with E-state index in [1.54, 1.807) is 12.4 Å². The molecule has 0 aliphatic carbocycles. The summed E-state index contributed by atoms with van der Waals surface area (Å²) in [5.74, 6) is 1.65. The van der Waals surface area contributed by atoms with Crippen molar-refractivity contribution >= 4 is 5.82 Å². The number of rotatable bonds is 3. The molecule has 24 heavy (non-hydrogen) atoms. The van der Waals surface area contributed by atoms with Gasteiger partial charge in [-0.1, -0.05) is 30.3 Å². The summed E-state index contributed by atoms with van der Waals surface area (Å²) in [6.45, 7) is 1.77. The molecule has 1 aromatic carbocycles. The summed E-state index contributed by atoms with van der Waals surface area (Å²) in [4.78, 5) is 15.9. The molecule has 1 fully saturated rings. The van der Waals surface area contributed by atoms with Gasteiger partial charge in [-0.3, -0.25) is 4.98 Å². The van der Waals surface area contributed by atoms with E-state index < -0.39 is 0 Å². The molecule has 1 aliphatic heterocycles. The normalized spacial score (nSPS) is 17.2. The molecule has 3 heterocycles. The Bertz CT molecular complexity index is 762. The van der Waals surface area contributed by atoms with Crippen molar-refractivity contribution in [3.05, 3.63) is 60.9 Å². The van der Waals surface area contributed by atoms with Crippen molar-refractivity contribution in [1.82, 2.24) is 15.0 Å². The van der Waals surface area contributed by atoms with Crippen molar-refractivity contribution in [1.29, 1.82) is 0 Å². The number of benzene rings is 1. The second-order valence-electron chi connectivity index (χ2n) is 6.03. The number of nitrogens with zero attached hydrogens (tertiary/aromatic N) is 4. The number of anilines is 1. The zero-order valence-electron chi connectivity index (χ0n) is 13.3. The molecular weight excluding hydrogens is 298 g/mol. The molecule has 2 N–H and O–H groups in total. The highest BCUT2D eigenvalue weighted by molar-refractivity contribution is 5.67. The van der Waals surface area contributed by atoms with Crippen LogP contribution in [0.15, 0.2) is 60.9 Å². The van der Waals surface area contributed by atoms with E-state index >= 15 is 0 Å². The molecule has 0 amide bonds. The van der Waals surface area contributed by atoms with Crippen molar-refractivity contribution in [2.24, 2.45) is 5.73 Å². The van der Waals surface area contributed by atoms with Gasteiger partial charge in [0.05, 0.1) is 5.69 Å². The van der Waals surface area contributed by atoms with Crippen LogP contribution in [0.1, 0.15) is 6.42 Å². The van der Waals surface area contributed by atoms with Gasteiger partial charge in [0.25, 0.3) is 0 Å². The van der Waals surface area contributed by atoms with E-state index in [2.05, 4.69) is 28.1 Å². The molecule has 1 atom stereocenters. The molecule has 4 rings (SSSR count). The predicted molar refractivity (Wildman–Crippen MR) is 95.5 cm³/mol. The van der Waals surface area contributed by atoms with E-state index in [-0.39, 0.29) is 6.04 Å². The Kier molecular flexibility index (Phi) is 3.92. The van der Waals surface area contributed by atoms with Gasteiger partial charge >= 0.3 is 0 Å². The van der Waals surface area contributed by atoms with Crippen molar-refractivity contribution in [3.63, 3.8) is 0 Å². The molecule has 1 aliphatic rings. The second-order valence-corrected chi connectivity index (χ2v) is 6.03. The van der Waals surface area contributed by atoms with Crippen LogP contribution in [-0.4, -0.2) is 34.1 Å². The third-order valence-electron chi connectivity index (χ3n) is 4.27. The van der Waals surface area contributed by atoms with Gasteiger partial charge in [0.15, 0.2) is 5.82 Å². The zero-order valence-corrected chi connectivity index (χ0v) is 13.3. The Morgan fingerprint density at radius 2 is 1.75 bits per heavy atom. The molecule has 0 bridgehead atoms. The summed E-state index contributed by atoms with van der Waals surface area (Å²) in [5.41, 5.74) is 9.04. The fourth-order valence-electron chi connectivity index (χ4n) is 2.98. The smallest absolute Gasteiger partial charge is 0.162 e. The summed E-state index contributed by atoms with van der Waals surface area (Å²) >= 11 is 0. The summed E-state index contributed by atoms with van der Waals surface area (Å²) < 4.78 is 0. The Hall–Kier alpha value is -2.79. The number of hydrogen-bond acceptors (Lipinski definition) is 5. The predicted octanol–water partition coefficient (Wildman–Crippen LogP) is 2.74. The Labute approximate surface area is 141 Å². The fraction of sp³-hybridized carbons (Fsp3) is 0.211. The molecule has 5 nitrogen and oxygen atoms in total. The quantitative estimate of drug-likeness (QED) is 0.804. The Morgan fingerprint density at radius 3 is 2.46 bits per heavy atom. The largest absolute Gasteiger partial charge is 0.355 e. The maximum atomic E-state index is 6.07. The number of pyridine rings is 1. The van der Waals surface area contributed by atoms with E-state index in [9.17, 15) is 0 Å². The van der Waals surface area contributed by atoms with Crippen molar-refractivity contribution in [2.45, 2.75) is 12.5 Å². The van der Waals surface area contributed by atoms with Crippen LogP contribution in [0.4, 0.5) is 5.82 Å². The van der Waals surface area contributed by atoms with Crippen LogP contribution in [-0.2, 0) is 0 Å². The van der Waals surface area contributed by atoms with Crippen LogP contribution in [0.2, 0.25) is 0 Å². The lowest BCUT2D eigenvalue weighted by atomic mass is 10.1. The summed E-state index contributed by atoms with van der Waals surface area (Å²) in [6, 6.07) is 16.3. The second kappa shape index (κ2) is 6.37. The van der Waals surface area contributed by atoms with Crippen molar-refractivity contribution in [3.8, 4) is 22.6 Å². The first-order valence-electron chi connectivity index (χ1n) is 8.15. The minimum atomic E-state index is 0.213. The third-order valence-corrected chi connectivity index (χ3v) is 4.27. The molecule has 1 saturated heterocycles. The number of aromatic nitrogens is 3. The van der Waals surface area contributed by atoms with Crippen LogP contribution in [0, 0.1) is 0 Å². The molecule has 5 heteroatoms. The highest BCUT2D eigenvalue weighted by Crippen LogP contribution is 2.27. The van der Waals surface area contributed by atoms with Crippen LogP contribution >= 0.6 is 0 Å². The van der Waals surface area contributed by atoms with E-state index in [4.69, 9.17) is 15.7 Å². The maximum absolute atomic E-state index is 6.07. The van der Waals surface area contributed by atoms with E-state index in [1.807, 2.05) is 30.3 Å². The lowest BCUT2D eigenvalue weighted by Crippen LogP contribution is -2.27. The van der Waals surface area contributed by atoms with Gasteiger partial charge in [-0.15, -0.1) is 0 Å². The molecule has 120 valence electrons. The monoisotopic (exact) mass is 317 g/mol. The lowest BCUT2D eigenvalue weighted by molar-refractivity contribution is 0.751. The summed E-state index contributed by atoms with van der Waals surface area (Å²) in [6.07, 6.45) is 4.52. The molecule has 0 spiro atoms. The van der Waals surface area contributed by atoms with Gasteiger partial charge in [0.2, 0.25) is 0 Å². The van der Waals surface area contributed by atoms with Crippen LogP contribution in [0.25, 0.3) is 22.6 Å². The summed E-state index contributed by atoms with van der Waals surface area (Å²) in [7, 11) is 0. The third kappa shape index (κ3) is 2.98. The van der Waals surface area contributed by atoms with E-state index in [0.717, 1.165) is 42.1 Å². The average molecular weight is 317 g/mol. The SMILES string of the molecule is NC1CCN(c2cc(-c3ccccc3)nc(-c3ccncc3)n2)C1. The van der Waals surface area contributed by atoms with Gasteiger partial charge < -0.3 is 10.6 Å². The first-order chi connectivity index (χ1) is 11.8. The standard InChI is InChI=1S/C19H19N5/c20-16-8-11-24(13-16)18-12-17(14-4-2-1-3-5-14)22-19(23-18)15-6-9-21-10-7-15/h1-7,9-10,12,16H,8,11,13,20H2. The van der Waals surface area contributed by atoms with E-state index in [0.29, 0.717) is 5.82 Å². The molecule has 2 aromatic heterocycles. The van der Waals surface area contributed by atoms with Gasteiger partial charge in [-0.2, -0.15) is 0 Å². The minimum absolute atomic E-state index is 0.213. The highest BCUT2D eigenvalue weighted by atomic mass is 15.2. The first kappa shape index (κ1) is 14.8. The molecule has 0 saturated carbocycles. The van der Waals surface area contributed by atoms with Crippen LogP contribution < -0.4 is 10.6 Å².